The van der Waals surface area contributed by atoms with Crippen molar-refractivity contribution in [1.82, 2.24) is 4.98 Å². The lowest BCUT2D eigenvalue weighted by atomic mass is 10.1. The lowest BCUT2D eigenvalue weighted by Gasteiger charge is -1.91. The molecule has 2 heterocycles. The van der Waals surface area contributed by atoms with Crippen LogP contribution in [0.1, 0.15) is 0 Å². The van der Waals surface area contributed by atoms with E-state index in [2.05, 4.69) is 65.6 Å². The molecule has 20 heavy (non-hydrogen) atoms. The molecule has 0 spiro atoms. The van der Waals surface area contributed by atoms with E-state index >= 15 is 0 Å². The summed E-state index contributed by atoms with van der Waals surface area (Å²) in [4.78, 5) is 3.18. The SMILES string of the molecule is c1ccc2c3cc[nH]ccc=3c3ccccc3sc2c1. The third-order valence-electron chi connectivity index (χ3n) is 3.56. The topological polar surface area (TPSA) is 15.8 Å². The van der Waals surface area contributed by atoms with Crippen LogP contribution in [0.25, 0.3) is 20.2 Å². The first-order valence-electron chi connectivity index (χ1n) is 6.63. The normalized spacial score (nSPS) is 11.0. The van der Waals surface area contributed by atoms with Gasteiger partial charge < -0.3 is 4.98 Å². The molecule has 0 bridgehead atoms. The summed E-state index contributed by atoms with van der Waals surface area (Å²) in [7, 11) is 0. The van der Waals surface area contributed by atoms with E-state index in [0.29, 0.717) is 0 Å². The lowest BCUT2D eigenvalue weighted by molar-refractivity contribution is 1.37. The molecule has 2 aliphatic rings. The van der Waals surface area contributed by atoms with E-state index in [-0.39, 0.29) is 0 Å². The van der Waals surface area contributed by atoms with Crippen LogP contribution in [0.2, 0.25) is 0 Å². The number of nitrogens with one attached hydrogen (secondary N) is 1. The molecule has 0 unspecified atom stereocenters. The summed E-state index contributed by atoms with van der Waals surface area (Å²) in [5.41, 5.74) is 0. The number of aromatic nitrogens is 1. The zero-order chi connectivity index (χ0) is 13.4. The standard InChI is InChI=1S/C18H13NS/c1-3-7-17-15(5-1)13-9-11-19-12-10-14(13)16-6-2-4-8-18(16)20-17/h1-12,19H. The summed E-state index contributed by atoms with van der Waals surface area (Å²) in [5.74, 6) is 0. The molecular formula is C18H13NS. The molecule has 0 radical (unpaired) electrons. The Kier molecular flexibility index (Phi) is 2.68. The van der Waals surface area contributed by atoms with Crippen molar-refractivity contribution in [2.45, 2.75) is 0 Å². The van der Waals surface area contributed by atoms with Crippen molar-refractivity contribution in [3.8, 4) is 0 Å². The van der Waals surface area contributed by atoms with Gasteiger partial charge in [0.2, 0.25) is 0 Å². The number of rotatable bonds is 0. The molecule has 1 N–H and O–H groups in total. The number of hydrogen-bond acceptors (Lipinski definition) is 1. The van der Waals surface area contributed by atoms with Gasteiger partial charge >= 0.3 is 0 Å². The van der Waals surface area contributed by atoms with E-state index in [1.54, 1.807) is 0 Å². The Morgan fingerprint density at radius 1 is 0.600 bits per heavy atom. The van der Waals surface area contributed by atoms with Crippen LogP contribution >= 0.6 is 11.3 Å². The van der Waals surface area contributed by atoms with Crippen LogP contribution < -0.4 is 0 Å². The number of hydrogen-bond donors (Lipinski definition) is 1. The van der Waals surface area contributed by atoms with Crippen LogP contribution in [0.15, 0.2) is 73.1 Å². The van der Waals surface area contributed by atoms with Crippen LogP contribution in [0.3, 0.4) is 0 Å². The van der Waals surface area contributed by atoms with Gasteiger partial charge in [0.05, 0.1) is 0 Å². The fourth-order valence-corrected chi connectivity index (χ4v) is 3.75. The van der Waals surface area contributed by atoms with Gasteiger partial charge in [0.25, 0.3) is 0 Å². The van der Waals surface area contributed by atoms with Crippen molar-refractivity contribution in [2.75, 3.05) is 0 Å². The van der Waals surface area contributed by atoms with Gasteiger partial charge in [-0.2, -0.15) is 0 Å². The minimum absolute atomic E-state index is 1.28. The van der Waals surface area contributed by atoms with Gasteiger partial charge in [0, 0.05) is 21.8 Å². The van der Waals surface area contributed by atoms with Gasteiger partial charge in [-0.3, -0.25) is 0 Å². The van der Waals surface area contributed by atoms with Gasteiger partial charge in [0.1, 0.15) is 0 Å². The van der Waals surface area contributed by atoms with Crippen molar-refractivity contribution in [2.24, 2.45) is 0 Å². The first kappa shape index (κ1) is 11.5. The van der Waals surface area contributed by atoms with E-state index in [9.17, 15) is 0 Å². The molecule has 1 nitrogen and oxygen atoms in total. The molecule has 2 heteroatoms. The summed E-state index contributed by atoms with van der Waals surface area (Å²) in [6, 6.07) is 21.5. The lowest BCUT2D eigenvalue weighted by Crippen LogP contribution is -1.71. The van der Waals surface area contributed by atoms with Crippen molar-refractivity contribution in [3.63, 3.8) is 0 Å². The smallest absolute Gasteiger partial charge is 0.0355 e. The first-order chi connectivity index (χ1) is 9.93. The zero-order valence-electron chi connectivity index (χ0n) is 10.8. The predicted molar refractivity (Wildman–Crippen MR) is 86.6 cm³/mol. The summed E-state index contributed by atoms with van der Waals surface area (Å²) in [5, 5.41) is 5.15. The van der Waals surface area contributed by atoms with Gasteiger partial charge in [-0.1, -0.05) is 36.4 Å². The molecule has 2 aromatic rings. The van der Waals surface area contributed by atoms with E-state index < -0.39 is 0 Å². The molecule has 0 atom stereocenters. The quantitative estimate of drug-likeness (QED) is 0.452. The Morgan fingerprint density at radius 2 is 1.10 bits per heavy atom. The molecule has 96 valence electrons. The van der Waals surface area contributed by atoms with E-state index in [1.165, 1.54) is 30.6 Å². The largest absolute Gasteiger partial charge is 0.368 e. The van der Waals surface area contributed by atoms with Crippen LogP contribution in [-0.2, 0) is 0 Å². The van der Waals surface area contributed by atoms with Gasteiger partial charge in [-0.05, 0) is 45.5 Å². The number of aromatic amines is 1. The highest BCUT2D eigenvalue weighted by atomic mass is 32.1. The fraction of sp³-hybridized carbons (Fsp3) is 0. The maximum atomic E-state index is 3.18. The number of benzene rings is 2. The molecule has 0 fully saturated rings. The average Bonchev–Trinajstić information content (AvgIpc) is 2.79. The summed E-state index contributed by atoms with van der Waals surface area (Å²) >= 11 is 1.85. The maximum Gasteiger partial charge on any atom is 0.0355 e. The van der Waals surface area contributed by atoms with E-state index in [4.69, 9.17) is 0 Å². The monoisotopic (exact) mass is 275 g/mol. The van der Waals surface area contributed by atoms with Crippen molar-refractivity contribution in [3.05, 3.63) is 83.5 Å². The molecular weight excluding hydrogens is 262 g/mol. The average molecular weight is 275 g/mol. The Bertz CT molecular complexity index is 929. The first-order valence-corrected chi connectivity index (χ1v) is 7.45. The maximum absolute atomic E-state index is 3.18. The van der Waals surface area contributed by atoms with E-state index in [0.717, 1.165) is 0 Å². The number of fused-ring (bicyclic) bond motifs is 4. The Labute approximate surface area is 120 Å². The fourth-order valence-electron chi connectivity index (χ4n) is 2.64. The minimum atomic E-state index is 1.28. The molecule has 2 aliphatic heterocycles. The molecule has 2 aromatic carbocycles. The second-order valence-corrected chi connectivity index (χ2v) is 5.84. The Hall–Kier alpha value is -2.32. The van der Waals surface area contributed by atoms with Gasteiger partial charge in [-0.15, -0.1) is 11.3 Å². The Balaban J connectivity index is 2.52. The predicted octanol–water partition coefficient (Wildman–Crippen LogP) is 5.23. The second-order valence-electron chi connectivity index (χ2n) is 4.76. The zero-order valence-corrected chi connectivity index (χ0v) is 11.7. The van der Waals surface area contributed by atoms with Gasteiger partial charge in [-0.25, -0.2) is 0 Å². The van der Waals surface area contributed by atoms with Crippen LogP contribution in [0, 0.1) is 10.4 Å². The van der Waals surface area contributed by atoms with Crippen molar-refractivity contribution < 1.29 is 0 Å². The summed E-state index contributed by atoms with van der Waals surface area (Å²) in [6.07, 6.45) is 3.99. The Morgan fingerprint density at radius 3 is 1.65 bits per heavy atom. The molecule has 0 amide bonds. The molecule has 0 saturated heterocycles. The van der Waals surface area contributed by atoms with Crippen LogP contribution in [-0.4, -0.2) is 4.98 Å². The molecule has 0 saturated carbocycles. The molecule has 0 aliphatic carbocycles. The molecule has 0 aromatic heterocycles. The van der Waals surface area contributed by atoms with Crippen molar-refractivity contribution in [1.29, 1.82) is 0 Å². The second kappa shape index (κ2) is 4.66. The highest BCUT2D eigenvalue weighted by molar-refractivity contribution is 7.24. The number of H-pyrrole nitrogens is 1. The molecule has 4 rings (SSSR count). The third kappa shape index (κ3) is 1.77. The highest BCUT2D eigenvalue weighted by Gasteiger charge is 2.00. The summed E-state index contributed by atoms with van der Waals surface area (Å²) in [6.45, 7) is 0. The van der Waals surface area contributed by atoms with Crippen LogP contribution in [0.5, 0.6) is 0 Å². The highest BCUT2D eigenvalue weighted by Crippen LogP contribution is 2.27. The minimum Gasteiger partial charge on any atom is -0.368 e. The third-order valence-corrected chi connectivity index (χ3v) is 4.71. The van der Waals surface area contributed by atoms with E-state index in [1.807, 2.05) is 23.7 Å². The van der Waals surface area contributed by atoms with Crippen LogP contribution in [0.4, 0.5) is 0 Å². The van der Waals surface area contributed by atoms with Crippen molar-refractivity contribution >= 4 is 31.5 Å². The summed E-state index contributed by atoms with van der Waals surface area (Å²) < 4.78 is 2.62. The van der Waals surface area contributed by atoms with Gasteiger partial charge in [0.15, 0.2) is 0 Å².